The Balaban J connectivity index is 1.83. The van der Waals surface area contributed by atoms with Gasteiger partial charge in [-0.3, -0.25) is 4.79 Å². The number of nitrogens with zero attached hydrogens (tertiary/aromatic N) is 4. The number of fused-ring (bicyclic) bond motifs is 3. The Morgan fingerprint density at radius 1 is 1.07 bits per heavy atom. The van der Waals surface area contributed by atoms with E-state index in [0.717, 1.165) is 22.3 Å². The molecular weight excluding hydrogens is 399 g/mol. The molecule has 0 amide bonds. The predicted molar refractivity (Wildman–Crippen MR) is 109 cm³/mol. The van der Waals surface area contributed by atoms with Gasteiger partial charge in [0.25, 0.3) is 0 Å². The number of ether oxygens (including phenoxy) is 1. The molecule has 0 aliphatic rings. The number of aromatic nitrogens is 4. The predicted octanol–water partition coefficient (Wildman–Crippen LogP) is 4.75. The van der Waals surface area contributed by atoms with E-state index in [0.29, 0.717) is 40.8 Å². The number of benzene rings is 2. The molecule has 0 saturated heterocycles. The zero-order chi connectivity index (χ0) is 19.7. The maximum absolute atomic E-state index is 11.4. The van der Waals surface area contributed by atoms with E-state index >= 15 is 0 Å². The second kappa shape index (κ2) is 7.73. The fourth-order valence-corrected chi connectivity index (χ4v) is 3.31. The number of halogens is 2. The van der Waals surface area contributed by atoms with Crippen LogP contribution >= 0.6 is 23.2 Å². The molecule has 0 fully saturated rings. The third-order valence-corrected chi connectivity index (χ3v) is 4.90. The van der Waals surface area contributed by atoms with Crippen molar-refractivity contribution in [2.24, 2.45) is 0 Å². The highest BCUT2D eigenvalue weighted by molar-refractivity contribution is 6.31. The maximum Gasteiger partial charge on any atom is 0.305 e. The molecule has 2 heterocycles. The van der Waals surface area contributed by atoms with E-state index in [1.54, 1.807) is 22.7 Å². The van der Waals surface area contributed by atoms with E-state index in [1.807, 2.05) is 24.3 Å². The van der Waals surface area contributed by atoms with Crippen molar-refractivity contribution in [2.75, 3.05) is 7.11 Å². The van der Waals surface area contributed by atoms with Crippen LogP contribution in [0.5, 0.6) is 0 Å². The molecule has 0 N–H and O–H groups in total. The lowest BCUT2D eigenvalue weighted by molar-refractivity contribution is -0.140. The van der Waals surface area contributed by atoms with Crippen LogP contribution in [-0.4, -0.2) is 32.7 Å². The molecule has 28 heavy (non-hydrogen) atoms. The first kappa shape index (κ1) is 18.7. The van der Waals surface area contributed by atoms with E-state index in [4.69, 9.17) is 37.9 Å². The molecule has 4 rings (SSSR count). The first-order chi connectivity index (χ1) is 13.5. The maximum atomic E-state index is 11.4. The summed E-state index contributed by atoms with van der Waals surface area (Å²) in [5.41, 5.74) is 2.30. The summed E-state index contributed by atoms with van der Waals surface area (Å²) in [7, 11) is 1.38. The molecule has 0 aliphatic heterocycles. The number of hydrogen-bond acceptors (Lipinski definition) is 5. The molecule has 0 saturated carbocycles. The van der Waals surface area contributed by atoms with Gasteiger partial charge in [0.05, 0.1) is 12.6 Å². The number of carbonyl (C=O) groups is 1. The van der Waals surface area contributed by atoms with Gasteiger partial charge in [0, 0.05) is 33.8 Å². The van der Waals surface area contributed by atoms with Gasteiger partial charge in [0.1, 0.15) is 5.82 Å². The van der Waals surface area contributed by atoms with Gasteiger partial charge in [-0.2, -0.15) is 4.52 Å². The Labute approximate surface area is 171 Å². The number of esters is 1. The summed E-state index contributed by atoms with van der Waals surface area (Å²) in [4.78, 5) is 20.9. The Morgan fingerprint density at radius 3 is 2.57 bits per heavy atom. The monoisotopic (exact) mass is 414 g/mol. The molecule has 0 spiro atoms. The van der Waals surface area contributed by atoms with Gasteiger partial charge in [-0.15, -0.1) is 5.10 Å². The standard InChI is InChI=1S/C20H16Cl2N4O2/c1-28-18(27)4-2-3-17-23-16-10-9-14(22)11-15(16)20-24-19(25-26(17)20)12-5-7-13(21)8-6-12/h5-11H,2-4H2,1H3. The van der Waals surface area contributed by atoms with E-state index in [9.17, 15) is 4.79 Å². The van der Waals surface area contributed by atoms with Crippen molar-refractivity contribution < 1.29 is 9.53 Å². The van der Waals surface area contributed by atoms with Crippen molar-refractivity contribution in [2.45, 2.75) is 19.3 Å². The minimum atomic E-state index is -0.246. The normalized spacial score (nSPS) is 11.2. The number of aryl methyl sites for hydroxylation is 1. The van der Waals surface area contributed by atoms with Gasteiger partial charge in [0.15, 0.2) is 11.5 Å². The van der Waals surface area contributed by atoms with Crippen molar-refractivity contribution >= 4 is 45.7 Å². The van der Waals surface area contributed by atoms with Crippen LogP contribution in [0.2, 0.25) is 10.0 Å². The van der Waals surface area contributed by atoms with E-state index < -0.39 is 0 Å². The van der Waals surface area contributed by atoms with E-state index in [2.05, 4.69) is 5.10 Å². The van der Waals surface area contributed by atoms with Gasteiger partial charge < -0.3 is 4.74 Å². The third-order valence-electron chi connectivity index (χ3n) is 4.41. The van der Waals surface area contributed by atoms with Crippen LogP contribution < -0.4 is 0 Å². The van der Waals surface area contributed by atoms with Crippen LogP contribution in [0.4, 0.5) is 0 Å². The molecule has 142 valence electrons. The molecule has 2 aromatic carbocycles. The van der Waals surface area contributed by atoms with Gasteiger partial charge in [-0.1, -0.05) is 23.2 Å². The Hall–Kier alpha value is -2.70. The smallest absolute Gasteiger partial charge is 0.305 e. The van der Waals surface area contributed by atoms with E-state index in [1.165, 1.54) is 7.11 Å². The second-order valence-corrected chi connectivity index (χ2v) is 7.17. The fourth-order valence-electron chi connectivity index (χ4n) is 3.01. The Bertz CT molecular complexity index is 1170. The minimum absolute atomic E-state index is 0.246. The van der Waals surface area contributed by atoms with Crippen molar-refractivity contribution in [3.05, 3.63) is 58.3 Å². The van der Waals surface area contributed by atoms with Gasteiger partial charge in [-0.25, -0.2) is 9.97 Å². The fraction of sp³-hybridized carbons (Fsp3) is 0.200. The Morgan fingerprint density at radius 2 is 1.82 bits per heavy atom. The molecule has 0 radical (unpaired) electrons. The summed E-state index contributed by atoms with van der Waals surface area (Å²) in [5.74, 6) is 1.05. The topological polar surface area (TPSA) is 69.4 Å². The summed E-state index contributed by atoms with van der Waals surface area (Å²) < 4.78 is 6.43. The summed E-state index contributed by atoms with van der Waals surface area (Å²) in [6.07, 6.45) is 1.48. The van der Waals surface area contributed by atoms with Crippen LogP contribution in [0.15, 0.2) is 42.5 Å². The van der Waals surface area contributed by atoms with Gasteiger partial charge in [0.2, 0.25) is 0 Å². The van der Waals surface area contributed by atoms with E-state index in [-0.39, 0.29) is 5.97 Å². The highest BCUT2D eigenvalue weighted by atomic mass is 35.5. The highest BCUT2D eigenvalue weighted by Crippen LogP contribution is 2.26. The van der Waals surface area contributed by atoms with Gasteiger partial charge in [-0.05, 0) is 48.9 Å². The van der Waals surface area contributed by atoms with Crippen LogP contribution in [0, 0.1) is 0 Å². The Kier molecular flexibility index (Phi) is 5.15. The molecule has 0 bridgehead atoms. The zero-order valence-corrected chi connectivity index (χ0v) is 16.5. The average Bonchev–Trinajstić information content (AvgIpc) is 3.14. The highest BCUT2D eigenvalue weighted by Gasteiger charge is 2.15. The first-order valence-corrected chi connectivity index (χ1v) is 9.48. The quantitative estimate of drug-likeness (QED) is 0.440. The largest absolute Gasteiger partial charge is 0.469 e. The number of rotatable bonds is 5. The van der Waals surface area contributed by atoms with Crippen LogP contribution in [0.1, 0.15) is 18.7 Å². The van der Waals surface area contributed by atoms with Crippen LogP contribution in [-0.2, 0) is 16.0 Å². The van der Waals surface area contributed by atoms with Crippen molar-refractivity contribution in [1.29, 1.82) is 0 Å². The summed E-state index contributed by atoms with van der Waals surface area (Å²) in [6, 6.07) is 12.8. The lowest BCUT2D eigenvalue weighted by atomic mass is 10.2. The number of methoxy groups -OCH3 is 1. The van der Waals surface area contributed by atoms with Gasteiger partial charge >= 0.3 is 5.97 Å². The molecule has 4 aromatic rings. The summed E-state index contributed by atoms with van der Waals surface area (Å²) >= 11 is 12.2. The van der Waals surface area contributed by atoms with Crippen LogP contribution in [0.25, 0.3) is 27.9 Å². The molecule has 8 heteroatoms. The van der Waals surface area contributed by atoms with Crippen molar-refractivity contribution in [3.8, 4) is 11.4 Å². The third kappa shape index (κ3) is 3.66. The van der Waals surface area contributed by atoms with Crippen molar-refractivity contribution in [3.63, 3.8) is 0 Å². The first-order valence-electron chi connectivity index (χ1n) is 8.73. The minimum Gasteiger partial charge on any atom is -0.469 e. The number of hydrogen-bond donors (Lipinski definition) is 0. The average molecular weight is 415 g/mol. The lowest BCUT2D eigenvalue weighted by Crippen LogP contribution is -2.06. The summed E-state index contributed by atoms with van der Waals surface area (Å²) in [5, 5.41) is 6.72. The van der Waals surface area contributed by atoms with Crippen LogP contribution in [0.3, 0.4) is 0 Å². The molecule has 2 aromatic heterocycles. The molecular formula is C20H16Cl2N4O2. The number of carbonyl (C=O) groups excluding carboxylic acids is 1. The SMILES string of the molecule is COC(=O)CCCc1nc2ccc(Cl)cc2c2nc(-c3ccc(Cl)cc3)nn12. The molecule has 0 unspecified atom stereocenters. The van der Waals surface area contributed by atoms with Crippen molar-refractivity contribution in [1.82, 2.24) is 19.6 Å². The zero-order valence-electron chi connectivity index (χ0n) is 15.0. The molecule has 0 atom stereocenters. The molecule has 0 aliphatic carbocycles. The lowest BCUT2D eigenvalue weighted by Gasteiger charge is -2.06. The second-order valence-electron chi connectivity index (χ2n) is 6.30. The molecule has 6 nitrogen and oxygen atoms in total. The summed E-state index contributed by atoms with van der Waals surface area (Å²) in [6.45, 7) is 0.